The summed E-state index contributed by atoms with van der Waals surface area (Å²) in [5.41, 5.74) is 0. The number of carbonyl (C=O) groups is 1. The quantitative estimate of drug-likeness (QED) is 0.754. The normalized spacial score (nSPS) is 18.5. The molecule has 1 saturated carbocycles. The van der Waals surface area contributed by atoms with Crippen molar-refractivity contribution in [2.75, 3.05) is 19.3 Å². The van der Waals surface area contributed by atoms with Crippen LogP contribution in [0.2, 0.25) is 0 Å². The minimum atomic E-state index is -3.39. The van der Waals surface area contributed by atoms with E-state index >= 15 is 0 Å². The summed E-state index contributed by atoms with van der Waals surface area (Å²) in [4.78, 5) is 10.4. The molecule has 0 aromatic heterocycles. The average molecular weight is 235 g/mol. The number of nitrogens with zero attached hydrogens (tertiary/aromatic N) is 1. The summed E-state index contributed by atoms with van der Waals surface area (Å²) in [6.45, 7) is -0.449. The lowest BCUT2D eigenvalue weighted by atomic mass is 10.1. The molecule has 0 unspecified atom stereocenters. The van der Waals surface area contributed by atoms with Crippen molar-refractivity contribution < 1.29 is 18.3 Å². The summed E-state index contributed by atoms with van der Waals surface area (Å²) >= 11 is 0. The van der Waals surface area contributed by atoms with E-state index in [1.54, 1.807) is 0 Å². The molecule has 0 bridgehead atoms. The lowest BCUT2D eigenvalue weighted by Crippen LogP contribution is -2.35. The minimum Gasteiger partial charge on any atom is -0.480 e. The third-order valence-electron chi connectivity index (χ3n) is 2.75. The first-order valence-electron chi connectivity index (χ1n) is 5.07. The first-order chi connectivity index (χ1) is 6.92. The third-order valence-corrected chi connectivity index (χ3v) is 4.73. The van der Waals surface area contributed by atoms with E-state index in [1.165, 1.54) is 7.05 Å². The highest BCUT2D eigenvalue weighted by molar-refractivity contribution is 7.89. The molecule has 5 nitrogen and oxygen atoms in total. The van der Waals surface area contributed by atoms with Crippen LogP contribution in [0.15, 0.2) is 0 Å². The molecule has 1 rings (SSSR count). The van der Waals surface area contributed by atoms with Gasteiger partial charge < -0.3 is 5.11 Å². The lowest BCUT2D eigenvalue weighted by Gasteiger charge is -2.17. The predicted molar refractivity (Wildman–Crippen MR) is 56.0 cm³/mol. The van der Waals surface area contributed by atoms with Gasteiger partial charge in [-0.15, -0.1) is 0 Å². The summed E-state index contributed by atoms with van der Waals surface area (Å²) in [6.07, 6.45) is 4.06. The second-order valence-electron chi connectivity index (χ2n) is 4.08. The molecule has 0 aliphatic heterocycles. The number of likely N-dealkylation sites (N-methyl/N-ethyl adjacent to an activating group) is 1. The Labute approximate surface area is 90.1 Å². The molecule has 1 aliphatic carbocycles. The van der Waals surface area contributed by atoms with Gasteiger partial charge in [0, 0.05) is 7.05 Å². The summed E-state index contributed by atoms with van der Waals surface area (Å²) < 4.78 is 24.3. The average Bonchev–Trinajstić information content (AvgIpc) is 2.54. The van der Waals surface area contributed by atoms with Crippen LogP contribution in [-0.2, 0) is 14.8 Å². The second-order valence-corrected chi connectivity index (χ2v) is 6.20. The zero-order chi connectivity index (χ0) is 11.5. The SMILES string of the molecule is CN(CC(=O)O)S(=O)(=O)CC1CCCC1. The molecule has 15 heavy (non-hydrogen) atoms. The Morgan fingerprint density at radius 3 is 2.40 bits per heavy atom. The fourth-order valence-electron chi connectivity index (χ4n) is 1.89. The summed E-state index contributed by atoms with van der Waals surface area (Å²) in [6, 6.07) is 0. The number of carboxylic acid groups (broad SMARTS) is 1. The zero-order valence-corrected chi connectivity index (χ0v) is 9.66. The molecule has 0 atom stereocenters. The largest absolute Gasteiger partial charge is 0.480 e. The molecule has 0 aromatic rings. The van der Waals surface area contributed by atoms with E-state index < -0.39 is 22.5 Å². The van der Waals surface area contributed by atoms with Crippen molar-refractivity contribution in [2.24, 2.45) is 5.92 Å². The zero-order valence-electron chi connectivity index (χ0n) is 8.85. The summed E-state index contributed by atoms with van der Waals surface area (Å²) in [5.74, 6) is -0.810. The second kappa shape index (κ2) is 4.94. The van der Waals surface area contributed by atoms with Gasteiger partial charge in [-0.3, -0.25) is 4.79 Å². The molecule has 0 heterocycles. The van der Waals surface area contributed by atoms with E-state index in [0.29, 0.717) is 0 Å². The van der Waals surface area contributed by atoms with Crippen molar-refractivity contribution in [3.8, 4) is 0 Å². The van der Waals surface area contributed by atoms with Crippen LogP contribution in [0, 0.1) is 5.92 Å². The number of sulfonamides is 1. The molecule has 0 amide bonds. The summed E-state index contributed by atoms with van der Waals surface area (Å²) in [7, 11) is -2.07. The van der Waals surface area contributed by atoms with E-state index in [2.05, 4.69) is 0 Å². The van der Waals surface area contributed by atoms with Gasteiger partial charge in [-0.05, 0) is 18.8 Å². The maximum atomic E-state index is 11.7. The molecule has 1 N–H and O–H groups in total. The highest BCUT2D eigenvalue weighted by Crippen LogP contribution is 2.26. The van der Waals surface area contributed by atoms with Crippen molar-refractivity contribution in [2.45, 2.75) is 25.7 Å². The fraction of sp³-hybridized carbons (Fsp3) is 0.889. The smallest absolute Gasteiger partial charge is 0.318 e. The first kappa shape index (κ1) is 12.4. The summed E-state index contributed by atoms with van der Waals surface area (Å²) in [5, 5.41) is 8.50. The number of carboxylic acids is 1. The maximum absolute atomic E-state index is 11.7. The molecule has 6 heteroatoms. The van der Waals surface area contributed by atoms with Gasteiger partial charge in [0.15, 0.2) is 0 Å². The van der Waals surface area contributed by atoms with Gasteiger partial charge >= 0.3 is 5.97 Å². The van der Waals surface area contributed by atoms with E-state index in [-0.39, 0.29) is 11.7 Å². The highest BCUT2D eigenvalue weighted by atomic mass is 32.2. The molecule has 1 fully saturated rings. The van der Waals surface area contributed by atoms with Gasteiger partial charge in [0.25, 0.3) is 0 Å². The standard InChI is InChI=1S/C9H17NO4S/c1-10(6-9(11)12)15(13,14)7-8-4-2-3-5-8/h8H,2-7H2,1H3,(H,11,12). The van der Waals surface area contributed by atoms with E-state index in [4.69, 9.17) is 5.11 Å². The van der Waals surface area contributed by atoms with Crippen molar-refractivity contribution in [3.05, 3.63) is 0 Å². The van der Waals surface area contributed by atoms with Gasteiger partial charge in [-0.2, -0.15) is 4.31 Å². The number of aliphatic carboxylic acids is 1. The number of rotatable bonds is 5. The molecular weight excluding hydrogens is 218 g/mol. The van der Waals surface area contributed by atoms with Crippen LogP contribution in [0.4, 0.5) is 0 Å². The van der Waals surface area contributed by atoms with Crippen molar-refractivity contribution >= 4 is 16.0 Å². The topological polar surface area (TPSA) is 74.7 Å². The van der Waals surface area contributed by atoms with Crippen LogP contribution in [0.3, 0.4) is 0 Å². The maximum Gasteiger partial charge on any atom is 0.318 e. The van der Waals surface area contributed by atoms with Crippen molar-refractivity contribution in [3.63, 3.8) is 0 Å². The minimum absolute atomic E-state index is 0.0940. The first-order valence-corrected chi connectivity index (χ1v) is 6.68. The van der Waals surface area contributed by atoms with Gasteiger partial charge in [0.05, 0.1) is 5.75 Å². The van der Waals surface area contributed by atoms with Crippen LogP contribution in [-0.4, -0.2) is 43.1 Å². The fourth-order valence-corrected chi connectivity index (χ4v) is 3.38. The molecule has 1 aliphatic rings. The molecule has 0 spiro atoms. The molecule has 88 valence electrons. The highest BCUT2D eigenvalue weighted by Gasteiger charge is 2.26. The van der Waals surface area contributed by atoms with Crippen LogP contribution in [0.25, 0.3) is 0 Å². The Kier molecular flexibility index (Phi) is 4.10. The molecule has 0 aromatic carbocycles. The van der Waals surface area contributed by atoms with Crippen molar-refractivity contribution in [1.29, 1.82) is 0 Å². The van der Waals surface area contributed by atoms with E-state index in [1.807, 2.05) is 0 Å². The lowest BCUT2D eigenvalue weighted by molar-refractivity contribution is -0.137. The van der Waals surface area contributed by atoms with Crippen molar-refractivity contribution in [1.82, 2.24) is 4.31 Å². The monoisotopic (exact) mass is 235 g/mol. The van der Waals surface area contributed by atoms with E-state index in [0.717, 1.165) is 30.0 Å². The van der Waals surface area contributed by atoms with Crippen LogP contribution in [0.5, 0.6) is 0 Å². The Balaban J connectivity index is 2.53. The van der Waals surface area contributed by atoms with E-state index in [9.17, 15) is 13.2 Å². The Hall–Kier alpha value is -0.620. The molecule has 0 radical (unpaired) electrons. The third kappa shape index (κ3) is 3.79. The molecule has 0 saturated heterocycles. The van der Waals surface area contributed by atoms with Crippen LogP contribution < -0.4 is 0 Å². The van der Waals surface area contributed by atoms with Gasteiger partial charge in [0.2, 0.25) is 10.0 Å². The Bertz CT molecular complexity index is 319. The number of hydrogen-bond acceptors (Lipinski definition) is 3. The van der Waals surface area contributed by atoms with Crippen LogP contribution in [0.1, 0.15) is 25.7 Å². The van der Waals surface area contributed by atoms with Gasteiger partial charge in [-0.1, -0.05) is 12.8 Å². The van der Waals surface area contributed by atoms with Crippen LogP contribution >= 0.6 is 0 Å². The van der Waals surface area contributed by atoms with Gasteiger partial charge in [-0.25, -0.2) is 8.42 Å². The Morgan fingerprint density at radius 1 is 1.40 bits per heavy atom. The Morgan fingerprint density at radius 2 is 1.93 bits per heavy atom. The predicted octanol–water partition coefficient (Wildman–Crippen LogP) is 0.523. The van der Waals surface area contributed by atoms with Gasteiger partial charge in [0.1, 0.15) is 6.54 Å². The molecular formula is C9H17NO4S. The number of hydrogen-bond donors (Lipinski definition) is 1.